The predicted octanol–water partition coefficient (Wildman–Crippen LogP) is 7.52. The molecule has 4 fully saturated rings. The van der Waals surface area contributed by atoms with E-state index in [9.17, 15) is 9.59 Å². The Morgan fingerprint density at radius 1 is 0.952 bits per heavy atom. The number of carbonyl (C=O) groups excluding carboxylic acids is 1. The summed E-state index contributed by atoms with van der Waals surface area (Å²) in [6.45, 7) is 2.15. The minimum absolute atomic E-state index is 0.0715. The molecule has 0 unspecified atom stereocenters. The third kappa shape index (κ3) is 4.34. The van der Waals surface area contributed by atoms with E-state index in [4.69, 9.17) is 4.74 Å². The van der Waals surface area contributed by atoms with E-state index in [-0.39, 0.29) is 16.9 Å². The highest BCUT2D eigenvalue weighted by atomic mass is 16.5. The largest absolute Gasteiger partial charge is 0.437 e. The number of fused-ring (bicyclic) bond motifs is 2. The van der Waals surface area contributed by atoms with Crippen molar-refractivity contribution >= 4 is 22.4 Å². The van der Waals surface area contributed by atoms with Crippen molar-refractivity contribution in [1.29, 1.82) is 0 Å². The normalized spacial score (nSPS) is 25.5. The van der Waals surface area contributed by atoms with Crippen LogP contribution in [0.3, 0.4) is 0 Å². The monoisotopic (exact) mass is 559 g/mol. The average Bonchev–Trinajstić information content (AvgIpc) is 3.46. The van der Waals surface area contributed by atoms with Gasteiger partial charge in [-0.05, 0) is 141 Å². The van der Waals surface area contributed by atoms with Gasteiger partial charge in [0.15, 0.2) is 0 Å². The Balaban J connectivity index is 1.08. The van der Waals surface area contributed by atoms with Gasteiger partial charge in [0.1, 0.15) is 11.4 Å². The Morgan fingerprint density at radius 3 is 2.50 bits per heavy atom. The molecule has 1 N–H and O–H groups in total. The van der Waals surface area contributed by atoms with Gasteiger partial charge in [-0.15, -0.1) is 0 Å². The molecule has 4 saturated carbocycles. The maximum atomic E-state index is 13.9. The summed E-state index contributed by atoms with van der Waals surface area (Å²) < 4.78 is 7.99. The summed E-state index contributed by atoms with van der Waals surface area (Å²) >= 11 is 0. The second kappa shape index (κ2) is 9.82. The van der Waals surface area contributed by atoms with Crippen LogP contribution in [0, 0.1) is 30.1 Å². The van der Waals surface area contributed by atoms with Crippen LogP contribution >= 0.6 is 0 Å². The van der Waals surface area contributed by atoms with E-state index in [1.807, 2.05) is 42.5 Å². The van der Waals surface area contributed by atoms with Crippen LogP contribution in [0.25, 0.3) is 16.5 Å². The van der Waals surface area contributed by atoms with Crippen molar-refractivity contribution in [2.45, 2.75) is 71.1 Å². The van der Waals surface area contributed by atoms with Crippen molar-refractivity contribution in [3.63, 3.8) is 0 Å². The first-order chi connectivity index (χ1) is 20.4. The molecule has 0 aliphatic heterocycles. The van der Waals surface area contributed by atoms with Gasteiger partial charge in [0.25, 0.3) is 5.56 Å². The van der Waals surface area contributed by atoms with E-state index in [1.165, 1.54) is 55.2 Å². The molecular weight excluding hydrogens is 522 g/mol. The minimum atomic E-state index is -0.170. The number of anilines is 1. The fourth-order valence-electron chi connectivity index (χ4n) is 9.31. The highest BCUT2D eigenvalue weighted by Crippen LogP contribution is 2.61. The first kappa shape index (κ1) is 25.8. The molecule has 2 aromatic heterocycles. The van der Waals surface area contributed by atoms with Crippen molar-refractivity contribution in [1.82, 2.24) is 9.55 Å². The summed E-state index contributed by atoms with van der Waals surface area (Å²) in [5, 5.41) is 4.50. The van der Waals surface area contributed by atoms with Crippen LogP contribution in [0.15, 0.2) is 65.7 Å². The van der Waals surface area contributed by atoms with Crippen molar-refractivity contribution in [3.8, 4) is 17.3 Å². The van der Waals surface area contributed by atoms with Crippen LogP contribution < -0.4 is 15.6 Å². The number of rotatable bonds is 6. The number of amides is 1. The highest BCUT2D eigenvalue weighted by molar-refractivity contribution is 6.02. The van der Waals surface area contributed by atoms with Crippen LogP contribution in [0.5, 0.6) is 11.6 Å². The van der Waals surface area contributed by atoms with Crippen molar-refractivity contribution in [3.05, 3.63) is 88.0 Å². The number of nitrogens with one attached hydrogen (secondary N) is 1. The fourth-order valence-corrected chi connectivity index (χ4v) is 9.31. The van der Waals surface area contributed by atoms with Crippen LogP contribution in [0.1, 0.15) is 68.1 Å². The predicted molar refractivity (Wildman–Crippen MR) is 164 cm³/mol. The molecule has 4 bridgehead atoms. The van der Waals surface area contributed by atoms with Gasteiger partial charge in [-0.25, -0.2) is 4.98 Å². The number of hydrogen-bond donors (Lipinski definition) is 1. The summed E-state index contributed by atoms with van der Waals surface area (Å²) in [6, 6.07) is 15.3. The van der Waals surface area contributed by atoms with E-state index < -0.39 is 0 Å². The van der Waals surface area contributed by atoms with E-state index in [0.29, 0.717) is 29.1 Å². The Bertz CT molecular complexity index is 1750. The van der Waals surface area contributed by atoms with Crippen molar-refractivity contribution in [2.24, 2.45) is 23.2 Å². The molecule has 9 rings (SSSR count). The van der Waals surface area contributed by atoms with Crippen molar-refractivity contribution in [2.75, 3.05) is 5.32 Å². The van der Waals surface area contributed by atoms with Gasteiger partial charge in [0.2, 0.25) is 11.8 Å². The lowest BCUT2D eigenvalue weighted by Crippen LogP contribution is -2.47. The number of ether oxygens (including phenoxy) is 1. The van der Waals surface area contributed by atoms with Gasteiger partial charge in [0.05, 0.1) is 0 Å². The first-order valence-corrected chi connectivity index (χ1v) is 15.6. The van der Waals surface area contributed by atoms with Gasteiger partial charge in [-0.3, -0.25) is 14.2 Å². The third-order valence-electron chi connectivity index (χ3n) is 10.6. The second-order valence-electron chi connectivity index (χ2n) is 13.5. The number of hydrogen-bond acceptors (Lipinski definition) is 4. The number of carbonyl (C=O) groups is 1. The van der Waals surface area contributed by atoms with Gasteiger partial charge in [-0.1, -0.05) is 12.1 Å². The Hall–Kier alpha value is -3.93. The first-order valence-electron chi connectivity index (χ1n) is 15.6. The molecule has 4 aromatic rings. The van der Waals surface area contributed by atoms with Gasteiger partial charge in [-0.2, -0.15) is 0 Å². The molecule has 6 heteroatoms. The van der Waals surface area contributed by atoms with Crippen molar-refractivity contribution < 1.29 is 9.53 Å². The molecular formula is C36H37N3O3. The lowest BCUT2D eigenvalue weighted by atomic mass is 9.49. The molecule has 2 heterocycles. The molecule has 42 heavy (non-hydrogen) atoms. The van der Waals surface area contributed by atoms with E-state index >= 15 is 0 Å². The third-order valence-corrected chi connectivity index (χ3v) is 10.6. The zero-order valence-electron chi connectivity index (χ0n) is 24.2. The lowest BCUT2D eigenvalue weighted by Gasteiger charge is -2.56. The molecule has 0 atom stereocenters. The maximum absolute atomic E-state index is 13.9. The number of pyridine rings is 2. The zero-order chi connectivity index (χ0) is 28.4. The molecule has 5 aliphatic carbocycles. The topological polar surface area (TPSA) is 73.2 Å². The Labute approximate surface area is 246 Å². The van der Waals surface area contributed by atoms with E-state index in [2.05, 4.69) is 23.3 Å². The minimum Gasteiger partial charge on any atom is -0.437 e. The molecule has 2 aromatic carbocycles. The van der Waals surface area contributed by atoms with Gasteiger partial charge in [0, 0.05) is 35.3 Å². The zero-order valence-corrected chi connectivity index (χ0v) is 24.2. The fraction of sp³-hybridized carbons (Fsp3) is 0.417. The lowest BCUT2D eigenvalue weighted by molar-refractivity contribution is -0.124. The second-order valence-corrected chi connectivity index (χ2v) is 13.5. The summed E-state index contributed by atoms with van der Waals surface area (Å²) in [5.74, 6) is 3.72. The summed E-state index contributed by atoms with van der Waals surface area (Å²) in [7, 11) is 0. The molecule has 6 nitrogen and oxygen atoms in total. The van der Waals surface area contributed by atoms with Crippen LogP contribution in [0.2, 0.25) is 0 Å². The summed E-state index contributed by atoms with van der Waals surface area (Å²) in [5.41, 5.74) is 5.19. The SMILES string of the molecule is Cc1ccc(Oc2ncccc2-n2ccc3c(NC(=O)CC45CC6CC(CC(C6)C4)C5)cccc3c2=O)c2c1CCC2. The number of nitrogens with zero attached hydrogens (tertiary/aromatic N) is 2. The quantitative estimate of drug-likeness (QED) is 0.265. The molecule has 214 valence electrons. The molecule has 0 radical (unpaired) electrons. The van der Waals surface area contributed by atoms with Gasteiger partial charge < -0.3 is 10.1 Å². The number of aryl methyl sites for hydroxylation is 1. The van der Waals surface area contributed by atoms with Crippen LogP contribution in [-0.4, -0.2) is 15.5 Å². The molecule has 5 aliphatic rings. The van der Waals surface area contributed by atoms with Crippen LogP contribution in [-0.2, 0) is 17.6 Å². The van der Waals surface area contributed by atoms with E-state index in [1.54, 1.807) is 17.0 Å². The smallest absolute Gasteiger partial charge is 0.263 e. The van der Waals surface area contributed by atoms with E-state index in [0.717, 1.165) is 48.2 Å². The number of benzene rings is 2. The molecule has 0 saturated heterocycles. The molecule has 1 amide bonds. The number of aromatic nitrogens is 2. The standard InChI is InChI=1S/C36H37N3O3/c1-22-10-11-32(28-6-2-5-26(22)28)42-34-31(9-4-13-37-34)39-14-12-27-29(35(39)41)7-3-8-30(27)38-33(40)21-36-18-23-15-24(19-36)17-25(16-23)20-36/h3-4,7-14,23-25H,2,5-6,15-21H2,1H3,(H,38,40). The molecule has 0 spiro atoms. The van der Waals surface area contributed by atoms with Crippen LogP contribution in [0.4, 0.5) is 5.69 Å². The maximum Gasteiger partial charge on any atom is 0.263 e. The highest BCUT2D eigenvalue weighted by Gasteiger charge is 2.51. The summed E-state index contributed by atoms with van der Waals surface area (Å²) in [6.07, 6.45) is 14.9. The Kier molecular flexibility index (Phi) is 6.02. The Morgan fingerprint density at radius 2 is 1.71 bits per heavy atom. The summed E-state index contributed by atoms with van der Waals surface area (Å²) in [4.78, 5) is 31.8. The van der Waals surface area contributed by atoms with Gasteiger partial charge >= 0.3 is 0 Å². The average molecular weight is 560 g/mol.